The zero-order valence-electron chi connectivity index (χ0n) is 18.0. The van der Waals surface area contributed by atoms with E-state index in [-0.39, 0.29) is 5.91 Å². The van der Waals surface area contributed by atoms with Crippen molar-refractivity contribution in [2.24, 2.45) is 0 Å². The van der Waals surface area contributed by atoms with Crippen LogP contribution in [0.15, 0.2) is 54.7 Å². The quantitative estimate of drug-likeness (QED) is 0.632. The third-order valence-electron chi connectivity index (χ3n) is 6.08. The number of carbonyl (C=O) groups is 1. The number of carbonyl (C=O) groups excluding carboxylic acids is 1. The number of amides is 1. The molecule has 1 fully saturated rings. The van der Waals surface area contributed by atoms with Crippen LogP contribution < -0.4 is 4.90 Å². The summed E-state index contributed by atoms with van der Waals surface area (Å²) < 4.78 is 0. The Morgan fingerprint density at radius 3 is 2.70 bits per heavy atom. The van der Waals surface area contributed by atoms with Crippen LogP contribution in [0.1, 0.15) is 13.3 Å². The Balaban J connectivity index is 1.44. The predicted octanol–water partition coefficient (Wildman–Crippen LogP) is 3.29. The molecule has 0 N–H and O–H groups in total. The smallest absolute Gasteiger partial charge is 0.225 e. The second kappa shape index (κ2) is 8.79. The van der Waals surface area contributed by atoms with Gasteiger partial charge in [0.1, 0.15) is 0 Å². The maximum absolute atomic E-state index is 11.4. The highest BCUT2D eigenvalue weighted by atomic mass is 16.2. The summed E-state index contributed by atoms with van der Waals surface area (Å²) in [5.74, 6) is 0.896. The Labute approximate surface area is 178 Å². The highest BCUT2D eigenvalue weighted by Gasteiger charge is 2.27. The van der Waals surface area contributed by atoms with Crippen molar-refractivity contribution >= 4 is 22.6 Å². The SMILES string of the molecule is CC(=O)N(C)CCN(C)C1CCN(c2nccc(-c3ccc4ccccc4c3)n2)C1. The van der Waals surface area contributed by atoms with Gasteiger partial charge in [-0.25, -0.2) is 9.97 Å². The molecule has 30 heavy (non-hydrogen) atoms. The van der Waals surface area contributed by atoms with Crippen molar-refractivity contribution in [2.75, 3.05) is 45.2 Å². The van der Waals surface area contributed by atoms with Crippen molar-refractivity contribution < 1.29 is 4.79 Å². The molecule has 1 saturated heterocycles. The molecule has 0 aliphatic carbocycles. The lowest BCUT2D eigenvalue weighted by molar-refractivity contribution is -0.127. The zero-order valence-corrected chi connectivity index (χ0v) is 18.0. The van der Waals surface area contributed by atoms with Gasteiger partial charge in [0.2, 0.25) is 11.9 Å². The normalized spacial score (nSPS) is 16.4. The molecule has 2 aromatic carbocycles. The monoisotopic (exact) mass is 403 g/mol. The van der Waals surface area contributed by atoms with Crippen molar-refractivity contribution in [2.45, 2.75) is 19.4 Å². The summed E-state index contributed by atoms with van der Waals surface area (Å²) in [5, 5.41) is 2.45. The van der Waals surface area contributed by atoms with Gasteiger partial charge in [0.05, 0.1) is 5.69 Å². The van der Waals surface area contributed by atoms with Gasteiger partial charge >= 0.3 is 0 Å². The molecule has 6 nitrogen and oxygen atoms in total. The molecule has 0 spiro atoms. The Bertz CT molecular complexity index is 1040. The molecule has 0 saturated carbocycles. The molecule has 3 aromatic rings. The minimum absolute atomic E-state index is 0.107. The fourth-order valence-electron chi connectivity index (χ4n) is 3.94. The van der Waals surface area contributed by atoms with Crippen molar-refractivity contribution in [1.82, 2.24) is 19.8 Å². The summed E-state index contributed by atoms with van der Waals surface area (Å²) in [4.78, 5) is 27.2. The van der Waals surface area contributed by atoms with Gasteiger partial charge in [0.15, 0.2) is 0 Å². The van der Waals surface area contributed by atoms with Crippen LogP contribution in [0.25, 0.3) is 22.0 Å². The summed E-state index contributed by atoms with van der Waals surface area (Å²) in [5.41, 5.74) is 2.06. The van der Waals surface area contributed by atoms with E-state index in [0.29, 0.717) is 6.04 Å². The molecular weight excluding hydrogens is 374 g/mol. The molecule has 0 radical (unpaired) electrons. The molecule has 6 heteroatoms. The highest BCUT2D eigenvalue weighted by molar-refractivity contribution is 5.86. The fraction of sp³-hybridized carbons (Fsp3) is 0.375. The zero-order chi connectivity index (χ0) is 21.1. The van der Waals surface area contributed by atoms with Crippen LogP contribution in [0.3, 0.4) is 0 Å². The minimum atomic E-state index is 0.107. The maximum atomic E-state index is 11.4. The number of likely N-dealkylation sites (N-methyl/N-ethyl adjacent to an activating group) is 2. The second-order valence-corrected chi connectivity index (χ2v) is 8.11. The van der Waals surface area contributed by atoms with E-state index < -0.39 is 0 Å². The highest BCUT2D eigenvalue weighted by Crippen LogP contribution is 2.25. The molecule has 1 aliphatic rings. The van der Waals surface area contributed by atoms with E-state index >= 15 is 0 Å². The first kappa shape index (κ1) is 20.3. The molecule has 4 rings (SSSR count). The predicted molar refractivity (Wildman–Crippen MR) is 122 cm³/mol. The van der Waals surface area contributed by atoms with Crippen LogP contribution in [0, 0.1) is 0 Å². The lowest BCUT2D eigenvalue weighted by Gasteiger charge is -2.26. The third kappa shape index (κ3) is 4.44. The second-order valence-electron chi connectivity index (χ2n) is 8.11. The van der Waals surface area contributed by atoms with Crippen molar-refractivity contribution in [3.8, 4) is 11.3 Å². The van der Waals surface area contributed by atoms with Crippen LogP contribution in [0.4, 0.5) is 5.95 Å². The van der Waals surface area contributed by atoms with Crippen LogP contribution >= 0.6 is 0 Å². The summed E-state index contributed by atoms with van der Waals surface area (Å²) in [6, 6.07) is 17.3. The number of anilines is 1. The Morgan fingerprint density at radius 2 is 1.90 bits per heavy atom. The molecule has 2 heterocycles. The van der Waals surface area contributed by atoms with Gasteiger partial charge in [-0.05, 0) is 36.4 Å². The van der Waals surface area contributed by atoms with E-state index in [1.165, 1.54) is 10.8 Å². The number of fused-ring (bicyclic) bond motifs is 1. The summed E-state index contributed by atoms with van der Waals surface area (Å²) in [6.07, 6.45) is 2.93. The first-order valence-electron chi connectivity index (χ1n) is 10.5. The number of aromatic nitrogens is 2. The van der Waals surface area contributed by atoms with Crippen LogP contribution in [0.5, 0.6) is 0 Å². The summed E-state index contributed by atoms with van der Waals surface area (Å²) in [6.45, 7) is 5.07. The number of rotatable bonds is 6. The van der Waals surface area contributed by atoms with Crippen molar-refractivity contribution in [3.05, 3.63) is 54.7 Å². The molecule has 1 atom stereocenters. The van der Waals surface area contributed by atoms with E-state index in [1.54, 1.807) is 11.8 Å². The lowest BCUT2D eigenvalue weighted by Crippen LogP contribution is -2.40. The number of hydrogen-bond acceptors (Lipinski definition) is 5. The van der Waals surface area contributed by atoms with Crippen LogP contribution in [-0.4, -0.2) is 72.0 Å². The van der Waals surface area contributed by atoms with Gasteiger partial charge in [0, 0.05) is 58.0 Å². The number of benzene rings is 2. The minimum Gasteiger partial charge on any atom is -0.345 e. The topological polar surface area (TPSA) is 52.6 Å². The first-order chi connectivity index (χ1) is 14.5. The molecule has 0 bridgehead atoms. The molecule has 156 valence electrons. The Kier molecular flexibility index (Phi) is 5.95. The van der Waals surface area contributed by atoms with E-state index in [9.17, 15) is 4.79 Å². The summed E-state index contributed by atoms with van der Waals surface area (Å²) in [7, 11) is 3.98. The van der Waals surface area contributed by atoms with E-state index in [4.69, 9.17) is 4.98 Å². The molecule has 1 aliphatic heterocycles. The van der Waals surface area contributed by atoms with E-state index in [1.807, 2.05) is 19.3 Å². The van der Waals surface area contributed by atoms with E-state index in [2.05, 4.69) is 64.3 Å². The van der Waals surface area contributed by atoms with Crippen LogP contribution in [0.2, 0.25) is 0 Å². The van der Waals surface area contributed by atoms with Crippen molar-refractivity contribution in [3.63, 3.8) is 0 Å². The number of hydrogen-bond donors (Lipinski definition) is 0. The van der Waals surface area contributed by atoms with Crippen LogP contribution in [-0.2, 0) is 4.79 Å². The lowest BCUT2D eigenvalue weighted by atomic mass is 10.1. The average molecular weight is 404 g/mol. The molecule has 1 unspecified atom stereocenters. The standard InChI is InChI=1S/C24H29N5O/c1-18(30)27(2)14-15-28(3)22-11-13-29(17-22)24-25-12-10-23(26-24)21-9-8-19-6-4-5-7-20(19)16-21/h4-10,12,16,22H,11,13-15,17H2,1-3H3. The average Bonchev–Trinajstić information content (AvgIpc) is 3.27. The van der Waals surface area contributed by atoms with E-state index in [0.717, 1.165) is 49.8 Å². The molecule has 1 aromatic heterocycles. The van der Waals surface area contributed by atoms with Gasteiger partial charge in [-0.3, -0.25) is 9.69 Å². The van der Waals surface area contributed by atoms with Gasteiger partial charge in [-0.15, -0.1) is 0 Å². The third-order valence-corrected chi connectivity index (χ3v) is 6.08. The summed E-state index contributed by atoms with van der Waals surface area (Å²) >= 11 is 0. The Hall–Kier alpha value is -2.99. The van der Waals surface area contributed by atoms with Gasteiger partial charge in [0.25, 0.3) is 0 Å². The Morgan fingerprint density at radius 1 is 1.10 bits per heavy atom. The molecular formula is C24H29N5O. The maximum Gasteiger partial charge on any atom is 0.225 e. The van der Waals surface area contributed by atoms with Crippen molar-refractivity contribution in [1.29, 1.82) is 0 Å². The van der Waals surface area contributed by atoms with Gasteiger partial charge < -0.3 is 9.80 Å². The van der Waals surface area contributed by atoms with Gasteiger partial charge in [-0.1, -0.05) is 36.4 Å². The largest absolute Gasteiger partial charge is 0.345 e. The number of nitrogens with zero attached hydrogens (tertiary/aromatic N) is 5. The fourth-order valence-corrected chi connectivity index (χ4v) is 3.94. The van der Waals surface area contributed by atoms with Gasteiger partial charge in [-0.2, -0.15) is 0 Å². The first-order valence-corrected chi connectivity index (χ1v) is 10.5. The molecule has 1 amide bonds.